The van der Waals surface area contributed by atoms with Crippen LogP contribution < -0.4 is 5.32 Å². The number of hydrogen-bond acceptors (Lipinski definition) is 3. The van der Waals surface area contributed by atoms with E-state index >= 15 is 0 Å². The van der Waals surface area contributed by atoms with Gasteiger partial charge in [0.05, 0.1) is 11.6 Å². The molecule has 0 unspecified atom stereocenters. The molecule has 1 aliphatic carbocycles. The fraction of sp³-hybridized carbons (Fsp3) is 0.636. The van der Waals surface area contributed by atoms with Crippen LogP contribution in [0.1, 0.15) is 68.9 Å². The highest BCUT2D eigenvalue weighted by molar-refractivity contribution is 5.76. The van der Waals surface area contributed by atoms with Crippen molar-refractivity contribution in [2.45, 2.75) is 69.7 Å². The fourth-order valence-corrected chi connectivity index (χ4v) is 4.54. The van der Waals surface area contributed by atoms with Crippen LogP contribution in [0, 0.1) is 11.3 Å². The van der Waals surface area contributed by atoms with Crippen molar-refractivity contribution in [2.75, 3.05) is 19.6 Å². The quantitative estimate of drug-likeness (QED) is 0.846. The summed E-state index contributed by atoms with van der Waals surface area (Å²) >= 11 is 0. The molecule has 1 aromatic carbocycles. The minimum absolute atomic E-state index is 0.149. The third-order valence-corrected chi connectivity index (χ3v) is 6.15. The van der Waals surface area contributed by atoms with Crippen LogP contribution in [0.5, 0.6) is 0 Å². The lowest BCUT2D eigenvalue weighted by atomic mass is 9.79. The van der Waals surface area contributed by atoms with Gasteiger partial charge in [-0.3, -0.25) is 9.69 Å². The van der Waals surface area contributed by atoms with E-state index in [9.17, 15) is 4.79 Å². The normalized spacial score (nSPS) is 20.3. The predicted octanol–water partition coefficient (Wildman–Crippen LogP) is 3.80. The van der Waals surface area contributed by atoms with Crippen molar-refractivity contribution >= 4 is 5.91 Å². The zero-order chi connectivity index (χ0) is 18.2. The maximum absolute atomic E-state index is 12.4. The molecular formula is C22H31N3O. The monoisotopic (exact) mass is 353 g/mol. The number of nitrogens with zero attached hydrogens (tertiary/aromatic N) is 2. The van der Waals surface area contributed by atoms with Crippen molar-refractivity contribution in [1.29, 1.82) is 5.26 Å². The van der Waals surface area contributed by atoms with E-state index in [-0.39, 0.29) is 11.4 Å². The van der Waals surface area contributed by atoms with Gasteiger partial charge in [0, 0.05) is 18.5 Å². The van der Waals surface area contributed by atoms with Gasteiger partial charge in [-0.25, -0.2) is 0 Å². The maximum atomic E-state index is 12.4. The standard InChI is InChI=1S/C22H31N3O/c23-17-20-9-7-19(8-10-20)11-12-21(26)24-18-22(13-3-1-4-14-22)25-15-5-2-6-16-25/h7-10H,1-6,11-16,18H2,(H,24,26). The molecule has 26 heavy (non-hydrogen) atoms. The second-order valence-electron chi connectivity index (χ2n) is 7.92. The molecule has 0 spiro atoms. The van der Waals surface area contributed by atoms with Crippen LogP contribution in [0.25, 0.3) is 0 Å². The summed E-state index contributed by atoms with van der Waals surface area (Å²) in [4.78, 5) is 15.1. The van der Waals surface area contributed by atoms with Crippen molar-refractivity contribution < 1.29 is 4.79 Å². The molecule has 1 N–H and O–H groups in total. The molecule has 0 bridgehead atoms. The van der Waals surface area contributed by atoms with E-state index in [4.69, 9.17) is 5.26 Å². The number of aryl methyl sites for hydroxylation is 1. The summed E-state index contributed by atoms with van der Waals surface area (Å²) < 4.78 is 0. The summed E-state index contributed by atoms with van der Waals surface area (Å²) in [5.41, 5.74) is 1.98. The van der Waals surface area contributed by atoms with Crippen molar-refractivity contribution in [3.8, 4) is 6.07 Å². The number of carbonyl (C=O) groups is 1. The molecule has 1 aromatic rings. The number of benzene rings is 1. The van der Waals surface area contributed by atoms with Gasteiger partial charge < -0.3 is 5.32 Å². The lowest BCUT2D eigenvalue weighted by Gasteiger charge is -2.48. The molecule has 1 aliphatic heterocycles. The topological polar surface area (TPSA) is 56.1 Å². The lowest BCUT2D eigenvalue weighted by Crippen LogP contribution is -2.58. The number of piperidine rings is 1. The van der Waals surface area contributed by atoms with Crippen LogP contribution in [-0.2, 0) is 11.2 Å². The summed E-state index contributed by atoms with van der Waals surface area (Å²) in [7, 11) is 0. The van der Waals surface area contributed by atoms with Gasteiger partial charge in [0.25, 0.3) is 0 Å². The largest absolute Gasteiger partial charge is 0.354 e. The number of hydrogen-bond donors (Lipinski definition) is 1. The Kier molecular flexibility index (Phi) is 6.68. The first-order valence-corrected chi connectivity index (χ1v) is 10.2. The molecule has 4 heteroatoms. The van der Waals surface area contributed by atoms with Gasteiger partial charge in [-0.1, -0.05) is 37.8 Å². The summed E-state index contributed by atoms with van der Waals surface area (Å²) in [6, 6.07) is 9.66. The fourth-order valence-electron chi connectivity index (χ4n) is 4.54. The summed E-state index contributed by atoms with van der Waals surface area (Å²) in [5, 5.41) is 12.1. The van der Waals surface area contributed by atoms with Crippen molar-refractivity contribution in [3.05, 3.63) is 35.4 Å². The highest BCUT2D eigenvalue weighted by Gasteiger charge is 2.38. The Morgan fingerprint density at radius 2 is 1.69 bits per heavy atom. The molecule has 1 amide bonds. The second-order valence-corrected chi connectivity index (χ2v) is 7.92. The molecule has 2 fully saturated rings. The van der Waals surface area contributed by atoms with Crippen molar-refractivity contribution in [2.24, 2.45) is 0 Å². The summed E-state index contributed by atoms with van der Waals surface area (Å²) in [6.45, 7) is 3.20. The van der Waals surface area contributed by atoms with Crippen LogP contribution in [0.4, 0.5) is 0 Å². The molecule has 1 saturated heterocycles. The minimum Gasteiger partial charge on any atom is -0.354 e. The average Bonchev–Trinajstić information content (AvgIpc) is 2.72. The first kappa shape index (κ1) is 18.9. The maximum Gasteiger partial charge on any atom is 0.220 e. The van der Waals surface area contributed by atoms with Gasteiger partial charge >= 0.3 is 0 Å². The first-order chi connectivity index (χ1) is 12.7. The Balaban J connectivity index is 1.51. The Labute approximate surface area is 157 Å². The highest BCUT2D eigenvalue weighted by atomic mass is 16.1. The minimum atomic E-state index is 0.149. The SMILES string of the molecule is N#Cc1ccc(CCC(=O)NCC2(N3CCCCC3)CCCCC2)cc1. The van der Waals surface area contributed by atoms with Crippen LogP contribution in [0.15, 0.2) is 24.3 Å². The molecular weight excluding hydrogens is 322 g/mol. The average molecular weight is 354 g/mol. The molecule has 0 atom stereocenters. The van der Waals surface area contributed by atoms with Crippen LogP contribution in [-0.4, -0.2) is 36.0 Å². The molecule has 140 valence electrons. The molecule has 3 rings (SSSR count). The summed E-state index contributed by atoms with van der Waals surface area (Å²) in [5.74, 6) is 0.149. The number of nitriles is 1. The highest BCUT2D eigenvalue weighted by Crippen LogP contribution is 2.35. The molecule has 1 saturated carbocycles. The lowest BCUT2D eigenvalue weighted by molar-refractivity contribution is -0.122. The molecule has 0 radical (unpaired) electrons. The van der Waals surface area contributed by atoms with Crippen LogP contribution in [0.2, 0.25) is 0 Å². The molecule has 2 aliphatic rings. The van der Waals surface area contributed by atoms with Crippen molar-refractivity contribution in [3.63, 3.8) is 0 Å². The summed E-state index contributed by atoms with van der Waals surface area (Å²) in [6.07, 6.45) is 11.6. The van der Waals surface area contributed by atoms with Crippen LogP contribution >= 0.6 is 0 Å². The Hall–Kier alpha value is -1.86. The van der Waals surface area contributed by atoms with E-state index in [0.717, 1.165) is 18.5 Å². The zero-order valence-corrected chi connectivity index (χ0v) is 15.8. The van der Waals surface area contributed by atoms with E-state index in [1.807, 2.05) is 24.3 Å². The Bertz CT molecular complexity index is 620. The van der Waals surface area contributed by atoms with Crippen molar-refractivity contribution in [1.82, 2.24) is 10.2 Å². The first-order valence-electron chi connectivity index (χ1n) is 10.2. The molecule has 0 aromatic heterocycles. The van der Waals surface area contributed by atoms with Gasteiger partial charge in [-0.15, -0.1) is 0 Å². The van der Waals surface area contributed by atoms with Gasteiger partial charge in [0.2, 0.25) is 5.91 Å². The number of nitrogens with one attached hydrogen (secondary N) is 1. The van der Waals surface area contributed by atoms with Gasteiger partial charge in [-0.05, 0) is 62.9 Å². The third-order valence-electron chi connectivity index (χ3n) is 6.15. The Morgan fingerprint density at radius 3 is 2.35 bits per heavy atom. The molecule has 1 heterocycles. The van der Waals surface area contributed by atoms with E-state index in [2.05, 4.69) is 16.3 Å². The second kappa shape index (κ2) is 9.19. The van der Waals surface area contributed by atoms with E-state index in [1.165, 1.54) is 64.5 Å². The van der Waals surface area contributed by atoms with Crippen LogP contribution in [0.3, 0.4) is 0 Å². The zero-order valence-electron chi connectivity index (χ0n) is 15.8. The number of likely N-dealkylation sites (tertiary alicyclic amines) is 1. The Morgan fingerprint density at radius 1 is 1.04 bits per heavy atom. The molecule has 4 nitrogen and oxygen atoms in total. The number of amides is 1. The third kappa shape index (κ3) is 4.86. The van der Waals surface area contributed by atoms with E-state index < -0.39 is 0 Å². The van der Waals surface area contributed by atoms with Gasteiger partial charge in [0.15, 0.2) is 0 Å². The van der Waals surface area contributed by atoms with Gasteiger partial charge in [-0.2, -0.15) is 5.26 Å². The number of rotatable bonds is 6. The number of carbonyl (C=O) groups excluding carboxylic acids is 1. The predicted molar refractivity (Wildman–Crippen MR) is 104 cm³/mol. The van der Waals surface area contributed by atoms with Gasteiger partial charge in [0.1, 0.15) is 0 Å². The smallest absolute Gasteiger partial charge is 0.220 e. The van der Waals surface area contributed by atoms with E-state index in [1.54, 1.807) is 0 Å². The van der Waals surface area contributed by atoms with E-state index in [0.29, 0.717) is 12.0 Å².